The second-order valence-electron chi connectivity index (χ2n) is 6.45. The average Bonchev–Trinajstić information content (AvgIpc) is 2.89. The molecule has 24 heavy (non-hydrogen) atoms. The maximum Gasteiger partial charge on any atom is 0.229 e. The van der Waals surface area contributed by atoms with E-state index in [1.165, 1.54) is 11.3 Å². The van der Waals surface area contributed by atoms with Crippen molar-refractivity contribution in [3.8, 4) is 0 Å². The van der Waals surface area contributed by atoms with Crippen molar-refractivity contribution in [3.63, 3.8) is 0 Å². The number of ketones is 1. The van der Waals surface area contributed by atoms with Crippen molar-refractivity contribution in [1.29, 1.82) is 0 Å². The molecule has 3 rings (SSSR count). The molecule has 1 heterocycles. The first kappa shape index (κ1) is 17.1. The quantitative estimate of drug-likeness (QED) is 0.886. The van der Waals surface area contributed by atoms with Gasteiger partial charge in [0.1, 0.15) is 0 Å². The van der Waals surface area contributed by atoms with Gasteiger partial charge in [0.15, 0.2) is 10.9 Å². The first-order valence-corrected chi connectivity index (χ1v) is 9.47. The van der Waals surface area contributed by atoms with Crippen molar-refractivity contribution >= 4 is 34.1 Å². The Morgan fingerprint density at radius 3 is 2.50 bits per heavy atom. The van der Waals surface area contributed by atoms with Gasteiger partial charge in [0.05, 0.1) is 16.5 Å². The van der Waals surface area contributed by atoms with Gasteiger partial charge in [-0.05, 0) is 26.7 Å². The summed E-state index contributed by atoms with van der Waals surface area (Å²) in [6, 6.07) is 0. The van der Waals surface area contributed by atoms with Crippen LogP contribution >= 0.6 is 11.3 Å². The van der Waals surface area contributed by atoms with Gasteiger partial charge in [-0.2, -0.15) is 0 Å². The van der Waals surface area contributed by atoms with Gasteiger partial charge in [-0.3, -0.25) is 14.4 Å². The summed E-state index contributed by atoms with van der Waals surface area (Å²) < 4.78 is 0. The first-order chi connectivity index (χ1) is 11.5. The molecule has 0 unspecified atom stereocenters. The number of thiazole rings is 1. The van der Waals surface area contributed by atoms with E-state index in [1.807, 2.05) is 13.8 Å². The maximum atomic E-state index is 12.5. The molecule has 0 aromatic carbocycles. The van der Waals surface area contributed by atoms with E-state index in [1.54, 1.807) is 4.90 Å². The van der Waals surface area contributed by atoms with Crippen LogP contribution in [0.4, 0.5) is 5.13 Å². The highest BCUT2D eigenvalue weighted by atomic mass is 32.1. The molecule has 1 aromatic heterocycles. The Labute approximate surface area is 145 Å². The van der Waals surface area contributed by atoms with E-state index in [2.05, 4.69) is 10.3 Å². The lowest BCUT2D eigenvalue weighted by Gasteiger charge is -2.26. The third-order valence-corrected chi connectivity index (χ3v) is 6.01. The highest BCUT2D eigenvalue weighted by Crippen LogP contribution is 2.34. The summed E-state index contributed by atoms with van der Waals surface area (Å²) in [6.07, 6.45) is 3.67. The summed E-state index contributed by atoms with van der Waals surface area (Å²) in [4.78, 5) is 43.7. The largest absolute Gasteiger partial charge is 0.343 e. The van der Waals surface area contributed by atoms with Crippen molar-refractivity contribution in [2.75, 3.05) is 18.4 Å². The molecule has 0 aliphatic heterocycles. The molecular weight excluding hydrogens is 326 g/mol. The summed E-state index contributed by atoms with van der Waals surface area (Å²) in [6.45, 7) is 5.17. The average molecular weight is 349 g/mol. The van der Waals surface area contributed by atoms with Crippen LogP contribution in [0.3, 0.4) is 0 Å². The van der Waals surface area contributed by atoms with Crippen LogP contribution in [0.2, 0.25) is 0 Å². The fourth-order valence-electron chi connectivity index (χ4n) is 3.23. The SMILES string of the molecule is CCN(CC)C(=O)[C@@H]1CC(=O)c2sc(NC(=O)C3CCC3)nc2C1. The number of hydrogen-bond donors (Lipinski definition) is 1. The Morgan fingerprint density at radius 2 is 1.92 bits per heavy atom. The van der Waals surface area contributed by atoms with Crippen molar-refractivity contribution in [2.24, 2.45) is 11.8 Å². The van der Waals surface area contributed by atoms with E-state index in [-0.39, 0.29) is 35.9 Å². The van der Waals surface area contributed by atoms with Crippen LogP contribution in [0, 0.1) is 11.8 Å². The first-order valence-electron chi connectivity index (χ1n) is 8.66. The molecule has 1 aromatic rings. The minimum absolute atomic E-state index is 0.00411. The van der Waals surface area contributed by atoms with Gasteiger partial charge in [0.25, 0.3) is 0 Å². The van der Waals surface area contributed by atoms with E-state index < -0.39 is 0 Å². The summed E-state index contributed by atoms with van der Waals surface area (Å²) in [5.41, 5.74) is 0.658. The highest BCUT2D eigenvalue weighted by Gasteiger charge is 2.35. The van der Waals surface area contributed by atoms with E-state index in [9.17, 15) is 14.4 Å². The molecular formula is C17H23N3O3S. The number of carbonyl (C=O) groups is 3. The molecule has 1 fully saturated rings. The van der Waals surface area contributed by atoms with Crippen molar-refractivity contribution in [2.45, 2.75) is 46.0 Å². The second-order valence-corrected chi connectivity index (χ2v) is 7.45. The van der Waals surface area contributed by atoms with Crippen LogP contribution in [0.15, 0.2) is 0 Å². The van der Waals surface area contributed by atoms with Crippen molar-refractivity contribution in [1.82, 2.24) is 9.88 Å². The van der Waals surface area contributed by atoms with E-state index in [0.717, 1.165) is 19.3 Å². The van der Waals surface area contributed by atoms with Crippen LogP contribution in [-0.4, -0.2) is 40.6 Å². The minimum Gasteiger partial charge on any atom is -0.343 e. The highest BCUT2D eigenvalue weighted by molar-refractivity contribution is 7.17. The molecule has 2 amide bonds. The zero-order chi connectivity index (χ0) is 17.3. The number of anilines is 1. The van der Waals surface area contributed by atoms with Crippen molar-refractivity contribution < 1.29 is 14.4 Å². The van der Waals surface area contributed by atoms with Gasteiger partial charge >= 0.3 is 0 Å². The van der Waals surface area contributed by atoms with Crippen molar-refractivity contribution in [3.05, 3.63) is 10.6 Å². The summed E-state index contributed by atoms with van der Waals surface area (Å²) in [5.74, 6) is -0.271. The predicted octanol–water partition coefficient (Wildman–Crippen LogP) is 2.50. The number of Topliss-reactive ketones (excluding diaryl/α,β-unsaturated/α-hetero) is 1. The number of hydrogen-bond acceptors (Lipinski definition) is 5. The molecule has 0 radical (unpaired) electrons. The second kappa shape index (κ2) is 7.01. The monoisotopic (exact) mass is 349 g/mol. The number of amides is 2. The standard InChI is InChI=1S/C17H23N3O3S/c1-3-20(4-2)16(23)11-8-12-14(13(21)9-11)24-17(18-12)19-15(22)10-6-5-7-10/h10-11H,3-9H2,1-2H3,(H,18,19,22)/t11-/m0/s1. The van der Waals surface area contributed by atoms with Gasteiger partial charge in [0.2, 0.25) is 11.8 Å². The molecule has 6 nitrogen and oxygen atoms in total. The lowest BCUT2D eigenvalue weighted by molar-refractivity contribution is -0.135. The Hall–Kier alpha value is -1.76. The van der Waals surface area contributed by atoms with Crippen LogP contribution in [0.1, 0.15) is 54.9 Å². The predicted molar refractivity (Wildman–Crippen MR) is 92.2 cm³/mol. The molecule has 0 saturated heterocycles. The zero-order valence-corrected chi connectivity index (χ0v) is 14.9. The van der Waals surface area contributed by atoms with Crippen LogP contribution < -0.4 is 5.32 Å². The molecule has 0 bridgehead atoms. The number of carbonyl (C=O) groups excluding carboxylic acids is 3. The fraction of sp³-hybridized carbons (Fsp3) is 0.647. The third-order valence-electron chi connectivity index (χ3n) is 4.95. The Balaban J connectivity index is 1.72. The molecule has 2 aliphatic rings. The molecule has 0 spiro atoms. The van der Waals surface area contributed by atoms with E-state index >= 15 is 0 Å². The molecule has 2 aliphatic carbocycles. The number of rotatable bonds is 5. The molecule has 7 heteroatoms. The number of nitrogens with one attached hydrogen (secondary N) is 1. The molecule has 130 valence electrons. The van der Waals surface area contributed by atoms with Gasteiger partial charge < -0.3 is 10.2 Å². The number of nitrogens with zero attached hydrogens (tertiary/aromatic N) is 2. The maximum absolute atomic E-state index is 12.5. The number of fused-ring (bicyclic) bond motifs is 1. The molecule has 1 atom stereocenters. The Morgan fingerprint density at radius 1 is 1.21 bits per heavy atom. The topological polar surface area (TPSA) is 79.4 Å². The fourth-order valence-corrected chi connectivity index (χ4v) is 4.17. The summed E-state index contributed by atoms with van der Waals surface area (Å²) >= 11 is 1.24. The van der Waals surface area contributed by atoms with Crippen LogP contribution in [-0.2, 0) is 16.0 Å². The summed E-state index contributed by atoms with van der Waals surface area (Å²) in [7, 11) is 0. The molecule has 1 N–H and O–H groups in total. The lowest BCUT2D eigenvalue weighted by Crippen LogP contribution is -2.39. The lowest BCUT2D eigenvalue weighted by atomic mass is 9.85. The molecule has 1 saturated carbocycles. The zero-order valence-electron chi connectivity index (χ0n) is 14.1. The normalized spacial score (nSPS) is 20.2. The Bertz CT molecular complexity index is 662. The number of aromatic nitrogens is 1. The van der Waals surface area contributed by atoms with Crippen LogP contribution in [0.25, 0.3) is 0 Å². The van der Waals surface area contributed by atoms with Crippen LogP contribution in [0.5, 0.6) is 0 Å². The Kier molecular flexibility index (Phi) is 4.99. The van der Waals surface area contributed by atoms with Gasteiger partial charge in [0, 0.05) is 31.8 Å². The van der Waals surface area contributed by atoms with Gasteiger partial charge in [-0.15, -0.1) is 0 Å². The minimum atomic E-state index is -0.331. The van der Waals surface area contributed by atoms with E-state index in [4.69, 9.17) is 0 Å². The third kappa shape index (κ3) is 3.22. The smallest absolute Gasteiger partial charge is 0.229 e. The van der Waals surface area contributed by atoms with Gasteiger partial charge in [-0.25, -0.2) is 4.98 Å². The van der Waals surface area contributed by atoms with E-state index in [0.29, 0.717) is 35.2 Å². The van der Waals surface area contributed by atoms with Gasteiger partial charge in [-0.1, -0.05) is 17.8 Å². The summed E-state index contributed by atoms with van der Waals surface area (Å²) in [5, 5.41) is 3.32.